The van der Waals surface area contributed by atoms with E-state index in [0.29, 0.717) is 26.1 Å². The largest absolute Gasteiger partial charge is 0.368 e. The molecule has 2 saturated heterocycles. The van der Waals surface area contributed by atoms with Gasteiger partial charge in [-0.1, -0.05) is 42.5 Å². The molecule has 2 amide bonds. The molecule has 2 aliphatic rings. The summed E-state index contributed by atoms with van der Waals surface area (Å²) in [5.41, 5.74) is 4.96. The van der Waals surface area contributed by atoms with Crippen LogP contribution in [0.3, 0.4) is 0 Å². The lowest BCUT2D eigenvalue weighted by Crippen LogP contribution is -2.51. The normalized spacial score (nSPS) is 19.7. The second-order valence-electron chi connectivity index (χ2n) is 8.24. The third-order valence-electron chi connectivity index (χ3n) is 6.15. The number of aryl methyl sites for hydroxylation is 2. The topological polar surface area (TPSA) is 43.9 Å². The number of benzene rings is 2. The van der Waals surface area contributed by atoms with E-state index in [2.05, 4.69) is 49.1 Å². The SMILES string of the molecule is Cc1ccc(C)c(N2CCN(C(=O)CN3C[C@H](c4ccccc4)CC3=O)CC2)c1. The maximum absolute atomic E-state index is 12.8. The zero-order valence-electron chi connectivity index (χ0n) is 17.3. The lowest BCUT2D eigenvalue weighted by Gasteiger charge is -2.37. The summed E-state index contributed by atoms with van der Waals surface area (Å²) in [5.74, 6) is 0.339. The summed E-state index contributed by atoms with van der Waals surface area (Å²) in [4.78, 5) is 31.3. The van der Waals surface area contributed by atoms with E-state index < -0.39 is 0 Å². The molecule has 2 aromatic rings. The standard InChI is InChI=1S/C24H29N3O2/c1-18-8-9-19(2)22(14-18)25-10-12-26(13-11-25)24(29)17-27-16-21(15-23(27)28)20-6-4-3-5-7-20/h3-9,14,21H,10-13,15-17H2,1-2H3/t21-/m1/s1. The summed E-state index contributed by atoms with van der Waals surface area (Å²) < 4.78 is 0. The van der Waals surface area contributed by atoms with Crippen LogP contribution in [0, 0.1) is 13.8 Å². The fraction of sp³-hybridized carbons (Fsp3) is 0.417. The second-order valence-corrected chi connectivity index (χ2v) is 8.24. The average Bonchev–Trinajstić information content (AvgIpc) is 3.11. The minimum atomic E-state index is 0.0627. The number of hydrogen-bond acceptors (Lipinski definition) is 3. The van der Waals surface area contributed by atoms with Crippen LogP contribution in [0.2, 0.25) is 0 Å². The molecule has 29 heavy (non-hydrogen) atoms. The first-order valence-corrected chi connectivity index (χ1v) is 10.4. The maximum Gasteiger partial charge on any atom is 0.242 e. The number of anilines is 1. The van der Waals surface area contributed by atoms with E-state index in [9.17, 15) is 9.59 Å². The van der Waals surface area contributed by atoms with Gasteiger partial charge >= 0.3 is 0 Å². The number of amides is 2. The van der Waals surface area contributed by atoms with Crippen LogP contribution in [0.25, 0.3) is 0 Å². The Kier molecular flexibility index (Phi) is 5.56. The fourth-order valence-electron chi connectivity index (χ4n) is 4.39. The summed E-state index contributed by atoms with van der Waals surface area (Å²) in [6.45, 7) is 8.15. The molecular weight excluding hydrogens is 362 g/mol. The van der Waals surface area contributed by atoms with Gasteiger partial charge < -0.3 is 14.7 Å². The number of rotatable bonds is 4. The Morgan fingerprint density at radius 2 is 1.72 bits per heavy atom. The van der Waals surface area contributed by atoms with Crippen LogP contribution >= 0.6 is 0 Å². The van der Waals surface area contributed by atoms with E-state index in [0.717, 1.165) is 13.1 Å². The molecule has 2 heterocycles. The van der Waals surface area contributed by atoms with Gasteiger partial charge in [0.25, 0.3) is 0 Å². The van der Waals surface area contributed by atoms with Gasteiger partial charge in [-0.05, 0) is 36.6 Å². The summed E-state index contributed by atoms with van der Waals surface area (Å²) in [6, 6.07) is 16.6. The highest BCUT2D eigenvalue weighted by molar-refractivity contribution is 5.86. The summed E-state index contributed by atoms with van der Waals surface area (Å²) in [7, 11) is 0. The molecule has 152 valence electrons. The zero-order valence-corrected chi connectivity index (χ0v) is 17.3. The van der Waals surface area contributed by atoms with Crippen molar-refractivity contribution in [2.75, 3.05) is 44.2 Å². The molecule has 1 atom stereocenters. The van der Waals surface area contributed by atoms with Gasteiger partial charge in [0.2, 0.25) is 11.8 Å². The molecule has 2 aromatic carbocycles. The Labute approximate surface area is 172 Å². The van der Waals surface area contributed by atoms with E-state index in [1.54, 1.807) is 4.90 Å². The Morgan fingerprint density at radius 1 is 1.00 bits per heavy atom. The minimum absolute atomic E-state index is 0.0627. The van der Waals surface area contributed by atoms with Gasteiger partial charge in [-0.2, -0.15) is 0 Å². The predicted octanol–water partition coefficient (Wildman–Crippen LogP) is 2.97. The van der Waals surface area contributed by atoms with Crippen molar-refractivity contribution < 1.29 is 9.59 Å². The van der Waals surface area contributed by atoms with Gasteiger partial charge in [0.1, 0.15) is 0 Å². The van der Waals surface area contributed by atoms with Crippen LogP contribution in [0.4, 0.5) is 5.69 Å². The first-order chi connectivity index (χ1) is 14.0. The van der Waals surface area contributed by atoms with Gasteiger partial charge in [-0.3, -0.25) is 9.59 Å². The number of carbonyl (C=O) groups is 2. The van der Waals surface area contributed by atoms with Crippen LogP contribution in [0.15, 0.2) is 48.5 Å². The molecule has 0 saturated carbocycles. The molecule has 4 rings (SSSR count). The lowest BCUT2D eigenvalue weighted by atomic mass is 9.99. The van der Waals surface area contributed by atoms with Crippen LogP contribution in [0.1, 0.15) is 29.0 Å². The highest BCUT2D eigenvalue weighted by atomic mass is 16.2. The summed E-state index contributed by atoms with van der Waals surface area (Å²) in [5, 5.41) is 0. The predicted molar refractivity (Wildman–Crippen MR) is 115 cm³/mol. The monoisotopic (exact) mass is 391 g/mol. The van der Waals surface area contributed by atoms with Crippen molar-refractivity contribution >= 4 is 17.5 Å². The summed E-state index contributed by atoms with van der Waals surface area (Å²) >= 11 is 0. The van der Waals surface area contributed by atoms with Crippen molar-refractivity contribution in [3.63, 3.8) is 0 Å². The van der Waals surface area contributed by atoms with Crippen LogP contribution in [-0.2, 0) is 9.59 Å². The average molecular weight is 392 g/mol. The van der Waals surface area contributed by atoms with E-state index in [1.165, 1.54) is 22.4 Å². The fourth-order valence-corrected chi connectivity index (χ4v) is 4.39. The van der Waals surface area contributed by atoms with E-state index in [4.69, 9.17) is 0 Å². The molecule has 2 fully saturated rings. The van der Waals surface area contributed by atoms with Crippen molar-refractivity contribution in [2.45, 2.75) is 26.2 Å². The molecule has 0 spiro atoms. The van der Waals surface area contributed by atoms with E-state index in [1.807, 2.05) is 23.1 Å². The molecule has 5 nitrogen and oxygen atoms in total. The van der Waals surface area contributed by atoms with Gasteiger partial charge in [-0.15, -0.1) is 0 Å². The molecule has 2 aliphatic heterocycles. The van der Waals surface area contributed by atoms with Crippen molar-refractivity contribution in [2.24, 2.45) is 0 Å². The Morgan fingerprint density at radius 3 is 2.45 bits per heavy atom. The Hall–Kier alpha value is -2.82. The lowest BCUT2D eigenvalue weighted by molar-refractivity contribution is -0.138. The van der Waals surface area contributed by atoms with Gasteiger partial charge in [0, 0.05) is 50.7 Å². The van der Waals surface area contributed by atoms with Crippen molar-refractivity contribution in [1.29, 1.82) is 0 Å². The second kappa shape index (κ2) is 8.27. The molecule has 0 bridgehead atoms. The number of hydrogen-bond donors (Lipinski definition) is 0. The highest BCUT2D eigenvalue weighted by Crippen LogP contribution is 2.28. The smallest absolute Gasteiger partial charge is 0.242 e. The molecule has 0 radical (unpaired) electrons. The Bertz CT molecular complexity index is 888. The quantitative estimate of drug-likeness (QED) is 0.805. The highest BCUT2D eigenvalue weighted by Gasteiger charge is 2.33. The van der Waals surface area contributed by atoms with Crippen LogP contribution in [-0.4, -0.2) is 60.9 Å². The minimum Gasteiger partial charge on any atom is -0.368 e. The number of carbonyl (C=O) groups excluding carboxylic acids is 2. The first kappa shape index (κ1) is 19.5. The van der Waals surface area contributed by atoms with Crippen molar-refractivity contribution in [3.05, 3.63) is 65.2 Å². The molecule has 5 heteroatoms. The molecule has 0 N–H and O–H groups in total. The van der Waals surface area contributed by atoms with Gasteiger partial charge in [0.05, 0.1) is 6.54 Å². The third kappa shape index (κ3) is 4.29. The van der Waals surface area contributed by atoms with E-state index >= 15 is 0 Å². The number of piperazine rings is 1. The molecular formula is C24H29N3O2. The first-order valence-electron chi connectivity index (χ1n) is 10.4. The van der Waals surface area contributed by atoms with Crippen LogP contribution < -0.4 is 4.90 Å². The Balaban J connectivity index is 1.32. The third-order valence-corrected chi connectivity index (χ3v) is 6.15. The summed E-state index contributed by atoms with van der Waals surface area (Å²) in [6.07, 6.45) is 0.498. The number of likely N-dealkylation sites (tertiary alicyclic amines) is 1. The number of nitrogens with zero attached hydrogens (tertiary/aromatic N) is 3. The van der Waals surface area contributed by atoms with E-state index in [-0.39, 0.29) is 24.3 Å². The molecule has 0 unspecified atom stereocenters. The van der Waals surface area contributed by atoms with Gasteiger partial charge in [0.15, 0.2) is 0 Å². The van der Waals surface area contributed by atoms with Gasteiger partial charge in [-0.25, -0.2) is 0 Å². The van der Waals surface area contributed by atoms with Crippen LogP contribution in [0.5, 0.6) is 0 Å². The molecule has 0 aliphatic carbocycles. The maximum atomic E-state index is 12.8. The molecule has 0 aromatic heterocycles. The van der Waals surface area contributed by atoms with Crippen molar-refractivity contribution in [3.8, 4) is 0 Å². The zero-order chi connectivity index (χ0) is 20.4. The van der Waals surface area contributed by atoms with Crippen molar-refractivity contribution in [1.82, 2.24) is 9.80 Å².